The smallest absolute Gasteiger partial charge is 0.292 e. The van der Waals surface area contributed by atoms with E-state index in [1.165, 1.54) is 11.1 Å². The summed E-state index contributed by atoms with van der Waals surface area (Å²) in [5.41, 5.74) is 3.00. The molecule has 1 amide bonds. The molecule has 0 spiro atoms. The number of carbonyl (C=O) groups is 1. The number of hydrogen-bond acceptors (Lipinski definition) is 5. The molecule has 1 aliphatic heterocycles. The number of ether oxygens (including phenoxy) is 3. The monoisotopic (exact) mass is 394 g/mol. The molecule has 0 fully saturated rings. The maximum Gasteiger partial charge on any atom is 0.292 e. The molecule has 0 unspecified atom stereocenters. The molecule has 0 saturated heterocycles. The first-order valence-corrected chi connectivity index (χ1v) is 10.1. The molecular formula is C23H26N2O4. The van der Waals surface area contributed by atoms with Gasteiger partial charge in [0.25, 0.3) is 11.9 Å². The number of benzene rings is 2. The highest BCUT2D eigenvalue weighted by Gasteiger charge is 2.22. The van der Waals surface area contributed by atoms with Gasteiger partial charge in [-0.2, -0.15) is 0 Å². The lowest BCUT2D eigenvalue weighted by Crippen LogP contribution is -2.34. The van der Waals surface area contributed by atoms with Crippen molar-refractivity contribution in [3.8, 4) is 11.5 Å². The van der Waals surface area contributed by atoms with Gasteiger partial charge in [-0.05, 0) is 54.5 Å². The van der Waals surface area contributed by atoms with Gasteiger partial charge in [0.2, 0.25) is 6.79 Å². The second-order valence-corrected chi connectivity index (χ2v) is 7.77. The van der Waals surface area contributed by atoms with Crippen LogP contribution in [0.25, 0.3) is 0 Å². The molecule has 152 valence electrons. The van der Waals surface area contributed by atoms with Crippen molar-refractivity contribution in [1.29, 1.82) is 0 Å². The van der Waals surface area contributed by atoms with Gasteiger partial charge >= 0.3 is 0 Å². The number of aliphatic imine (C=N–C) groups is 1. The van der Waals surface area contributed by atoms with Gasteiger partial charge < -0.3 is 14.2 Å². The van der Waals surface area contributed by atoms with Crippen molar-refractivity contribution in [2.24, 2.45) is 10.9 Å². The zero-order valence-electron chi connectivity index (χ0n) is 16.8. The molecule has 0 aromatic heterocycles. The maximum absolute atomic E-state index is 12.8. The minimum absolute atomic E-state index is 0.0147. The summed E-state index contributed by atoms with van der Waals surface area (Å²) in [5, 5.41) is 2.85. The van der Waals surface area contributed by atoms with Crippen LogP contribution in [0.4, 0.5) is 0 Å². The Morgan fingerprint density at radius 2 is 2.03 bits per heavy atom. The lowest BCUT2D eigenvalue weighted by atomic mass is 9.88. The topological polar surface area (TPSA) is 69.2 Å². The Morgan fingerprint density at radius 1 is 1.21 bits per heavy atom. The second kappa shape index (κ2) is 8.55. The summed E-state index contributed by atoms with van der Waals surface area (Å²) in [6.07, 6.45) is 3.07. The highest BCUT2D eigenvalue weighted by molar-refractivity contribution is 6.04. The van der Waals surface area contributed by atoms with Crippen molar-refractivity contribution < 1.29 is 19.0 Å². The van der Waals surface area contributed by atoms with Crippen molar-refractivity contribution in [2.45, 2.75) is 39.2 Å². The largest absolute Gasteiger partial charge is 0.465 e. The zero-order chi connectivity index (χ0) is 20.2. The summed E-state index contributed by atoms with van der Waals surface area (Å²) in [6.45, 7) is 4.78. The molecule has 29 heavy (non-hydrogen) atoms. The molecule has 2 aliphatic rings. The summed E-state index contributed by atoms with van der Waals surface area (Å²) < 4.78 is 16.5. The molecule has 6 nitrogen and oxygen atoms in total. The molecule has 1 aliphatic carbocycles. The lowest BCUT2D eigenvalue weighted by Gasteiger charge is -2.23. The number of rotatable bonds is 4. The predicted molar refractivity (Wildman–Crippen MR) is 110 cm³/mol. The molecular weight excluding hydrogens is 368 g/mol. The van der Waals surface area contributed by atoms with E-state index in [4.69, 9.17) is 19.2 Å². The third-order valence-electron chi connectivity index (χ3n) is 5.02. The van der Waals surface area contributed by atoms with E-state index in [0.29, 0.717) is 29.6 Å². The molecule has 1 atom stereocenters. The van der Waals surface area contributed by atoms with E-state index in [1.54, 1.807) is 18.2 Å². The highest BCUT2D eigenvalue weighted by Crippen LogP contribution is 2.33. The molecule has 1 heterocycles. The minimum Gasteiger partial charge on any atom is -0.465 e. The number of nitrogens with one attached hydrogen (secondary N) is 1. The quantitative estimate of drug-likeness (QED) is 0.622. The Hall–Kier alpha value is -3.02. The third kappa shape index (κ3) is 4.53. The summed E-state index contributed by atoms with van der Waals surface area (Å²) in [7, 11) is 0. The first kappa shape index (κ1) is 19.3. The fourth-order valence-electron chi connectivity index (χ4n) is 3.56. The van der Waals surface area contributed by atoms with Crippen LogP contribution in [-0.4, -0.2) is 25.3 Å². The normalized spacial score (nSPS) is 17.8. The van der Waals surface area contributed by atoms with Gasteiger partial charge in [-0.25, -0.2) is 4.99 Å². The lowest BCUT2D eigenvalue weighted by molar-refractivity contribution is 0.0962. The maximum atomic E-state index is 12.8. The van der Waals surface area contributed by atoms with Crippen LogP contribution < -0.4 is 14.8 Å². The van der Waals surface area contributed by atoms with Gasteiger partial charge in [-0.3, -0.25) is 10.1 Å². The van der Waals surface area contributed by atoms with E-state index >= 15 is 0 Å². The fraction of sp³-hybridized carbons (Fsp3) is 0.391. The van der Waals surface area contributed by atoms with Crippen LogP contribution in [0.5, 0.6) is 11.5 Å². The number of amides is 1. The molecule has 4 rings (SSSR count). The van der Waals surface area contributed by atoms with Crippen LogP contribution >= 0.6 is 0 Å². The zero-order valence-corrected chi connectivity index (χ0v) is 16.8. The van der Waals surface area contributed by atoms with Crippen LogP contribution in [0, 0.1) is 5.92 Å². The Kier molecular flexibility index (Phi) is 5.69. The number of hydrogen-bond donors (Lipinski definition) is 1. The molecule has 0 bridgehead atoms. The highest BCUT2D eigenvalue weighted by atomic mass is 16.7. The Labute approximate surface area is 170 Å². The van der Waals surface area contributed by atoms with E-state index in [2.05, 4.69) is 37.4 Å². The standard InChI is InChI=1S/C23H26N2O4/c1-15(2)13-27-23(24-19-9-5-7-16-6-3-4-8-18(16)19)25-22(26)17-10-11-20-21(12-17)29-14-28-20/h3-4,6,8,10-12,15,19H,5,7,9,13-14H2,1-2H3,(H,24,25,26)/t19-/m0/s1. The van der Waals surface area contributed by atoms with Crippen LogP contribution in [0.1, 0.15) is 54.2 Å². The average Bonchev–Trinajstić information content (AvgIpc) is 3.20. The Bertz CT molecular complexity index is 923. The molecule has 1 N–H and O–H groups in total. The minimum atomic E-state index is -0.282. The number of fused-ring (bicyclic) bond motifs is 2. The van der Waals surface area contributed by atoms with Gasteiger partial charge in [0, 0.05) is 5.56 Å². The summed E-state index contributed by atoms with van der Waals surface area (Å²) in [6, 6.07) is 13.7. The predicted octanol–water partition coefficient (Wildman–Crippen LogP) is 4.25. The number of amidine groups is 1. The average molecular weight is 394 g/mol. The van der Waals surface area contributed by atoms with E-state index in [1.807, 2.05) is 6.07 Å². The van der Waals surface area contributed by atoms with Gasteiger partial charge in [0.1, 0.15) is 0 Å². The molecule has 0 radical (unpaired) electrons. The van der Waals surface area contributed by atoms with Crippen molar-refractivity contribution in [3.05, 3.63) is 59.2 Å². The molecule has 6 heteroatoms. The Balaban J connectivity index is 1.56. The van der Waals surface area contributed by atoms with Crippen molar-refractivity contribution in [2.75, 3.05) is 13.4 Å². The van der Waals surface area contributed by atoms with Crippen molar-refractivity contribution in [1.82, 2.24) is 5.32 Å². The van der Waals surface area contributed by atoms with Crippen LogP contribution in [-0.2, 0) is 11.2 Å². The first-order chi connectivity index (χ1) is 14.1. The van der Waals surface area contributed by atoms with Gasteiger partial charge in [-0.15, -0.1) is 0 Å². The third-order valence-corrected chi connectivity index (χ3v) is 5.02. The van der Waals surface area contributed by atoms with Crippen LogP contribution in [0.2, 0.25) is 0 Å². The van der Waals surface area contributed by atoms with E-state index in [0.717, 1.165) is 19.3 Å². The van der Waals surface area contributed by atoms with Gasteiger partial charge in [0.15, 0.2) is 11.5 Å². The summed E-state index contributed by atoms with van der Waals surface area (Å²) in [5.74, 6) is 1.25. The number of nitrogens with zero attached hydrogens (tertiary/aromatic N) is 1. The Morgan fingerprint density at radius 3 is 2.90 bits per heavy atom. The fourth-order valence-corrected chi connectivity index (χ4v) is 3.56. The SMILES string of the molecule is CC(C)COC(=N[C@H]1CCCc2ccccc21)NC(=O)c1ccc2c(c1)OCO2. The van der Waals surface area contributed by atoms with Crippen LogP contribution in [0.15, 0.2) is 47.5 Å². The first-order valence-electron chi connectivity index (χ1n) is 10.1. The summed E-state index contributed by atoms with van der Waals surface area (Å²) in [4.78, 5) is 17.6. The molecule has 0 saturated carbocycles. The molecule has 2 aromatic rings. The van der Waals surface area contributed by atoms with Crippen molar-refractivity contribution in [3.63, 3.8) is 0 Å². The second-order valence-electron chi connectivity index (χ2n) is 7.77. The van der Waals surface area contributed by atoms with Gasteiger partial charge in [0.05, 0.1) is 12.6 Å². The molecule has 2 aromatic carbocycles. The van der Waals surface area contributed by atoms with E-state index in [-0.39, 0.29) is 24.8 Å². The van der Waals surface area contributed by atoms with E-state index < -0.39 is 0 Å². The van der Waals surface area contributed by atoms with Crippen LogP contribution in [0.3, 0.4) is 0 Å². The van der Waals surface area contributed by atoms with Gasteiger partial charge in [-0.1, -0.05) is 38.1 Å². The van der Waals surface area contributed by atoms with E-state index in [9.17, 15) is 4.79 Å². The number of aryl methyl sites for hydroxylation is 1. The number of carbonyl (C=O) groups excluding carboxylic acids is 1. The summed E-state index contributed by atoms with van der Waals surface area (Å²) >= 11 is 0. The van der Waals surface area contributed by atoms with Crippen molar-refractivity contribution >= 4 is 11.9 Å².